The second-order valence-electron chi connectivity index (χ2n) is 32.1. The Morgan fingerprint density at radius 2 is 1.16 bits per heavy atom. The summed E-state index contributed by atoms with van der Waals surface area (Å²) in [4.78, 5) is 173. The van der Waals surface area contributed by atoms with E-state index in [0.29, 0.717) is 74.5 Å². The van der Waals surface area contributed by atoms with E-state index in [9.17, 15) is 43.2 Å². The topological polar surface area (TPSA) is 374 Å². The second kappa shape index (κ2) is 34.2. The van der Waals surface area contributed by atoms with Crippen LogP contribution in [0.1, 0.15) is 233 Å². The maximum Gasteiger partial charge on any atom is 0.315 e. The summed E-state index contributed by atoms with van der Waals surface area (Å²) in [5.41, 5.74) is 11.3. The lowest BCUT2D eigenvalue weighted by molar-refractivity contribution is -0.143. The van der Waals surface area contributed by atoms with Gasteiger partial charge >= 0.3 is 12.1 Å². The smallest absolute Gasteiger partial charge is 0.315 e. The number of imide groups is 1. The van der Waals surface area contributed by atoms with Gasteiger partial charge in [-0.15, -0.1) is 13.2 Å². The number of fused-ring (bicyclic) bond motifs is 2. The van der Waals surface area contributed by atoms with Gasteiger partial charge in [0.15, 0.2) is 5.84 Å². The molecule has 0 bridgehead atoms. The minimum atomic E-state index is -1.18. The number of aliphatic imine (C=N–C) groups is 2. The quantitative estimate of drug-likeness (QED) is 0.0118. The lowest BCUT2D eigenvalue weighted by atomic mass is 9.81. The Morgan fingerprint density at radius 1 is 0.644 bits per heavy atom. The Hall–Kier alpha value is -9.10. The monoisotopic (exact) mass is 1440 g/mol. The number of hydrogen-bond acceptors (Lipinski definition) is 14. The number of nitrogens with two attached hydrogens (primary N) is 2. The summed E-state index contributed by atoms with van der Waals surface area (Å²) < 4.78 is 0. The SMILES string of the molecule is C=CCN=C(N)C(=O)C(CCC)N=C(N)[C@@H]1C[C@@H](C(C)c2ccc3c(c2)C(=O)N(CC2(NC(=O)N[C@H](C(=O)N4C[C@H](C(C)C)C[C@H]4C(=O)NC(CCCC)C(=O)C(=O)NCC=C)C(C)(C)C)CCCCC2)C3=O)CN1C(=O)[C@@H](NC(=O)NC1(CN2C(=N)c3ccccc3C2=O)CCCCC1)C(C)(C)C. The van der Waals surface area contributed by atoms with Crippen LogP contribution in [0, 0.1) is 34.0 Å². The number of amides is 11. The van der Waals surface area contributed by atoms with Crippen molar-refractivity contribution in [1.29, 1.82) is 5.41 Å². The first-order valence-electron chi connectivity index (χ1n) is 37.4. The molecule has 104 heavy (non-hydrogen) atoms. The zero-order valence-corrected chi connectivity index (χ0v) is 63.0. The van der Waals surface area contributed by atoms with Gasteiger partial charge in [0.25, 0.3) is 23.6 Å². The molecule has 2 aliphatic carbocycles. The van der Waals surface area contributed by atoms with Crippen LogP contribution in [0.3, 0.4) is 0 Å². The third kappa shape index (κ3) is 18.5. The number of urea groups is 2. The van der Waals surface area contributed by atoms with Crippen LogP contribution in [0.2, 0.25) is 0 Å². The minimum absolute atomic E-state index is 0.00612. The number of unbranched alkanes of at least 4 members (excludes halogenated alkanes) is 1. The average molecular weight is 1440 g/mol. The number of hydrogen-bond donors (Lipinski definition) is 9. The highest BCUT2D eigenvalue weighted by molar-refractivity contribution is 6.40. The molecule has 2 saturated heterocycles. The molecule has 9 atom stereocenters. The standard InChI is InChI=1S/C78H113N15O11/c1-14-18-30-56(60(95)67(97)83-38-17-4)85-66(96)58-40-49(46(5)6)42-91(58)72(102)62(76(11,12)13)87-74(104)89-78(35-25-20-26-36-78)45-93-69(99)53-32-31-48(39-54(53)70(93)100)47(7)50-41-57(63(79)84-55(27-15-2)59(94)64(80)82-37-16-3)90(43-50)71(101)61(75(8,9)10)86-73(103)88-77(33-23-19-24-34-77)44-92-65(81)51-28-21-22-29-52(51)68(92)98/h16-17,21-22,28-29,31-32,39,46-47,49-50,55-58,61-62,81H,3-4,14-15,18-20,23-27,30,33-38,40-45H2,1-2,5-13H3,(H2,79,84)(H2,80,82)(H,83,97)(H,85,96)(H2,86,88,103)(H2,87,89,104)/t47?,49-,50-,55?,56?,57+,58+,61-,62-/m1/s1. The van der Waals surface area contributed by atoms with Crippen LogP contribution in [-0.4, -0.2) is 189 Å². The number of nitrogens with zero attached hydrogens (tertiary/aromatic N) is 6. The molecule has 0 aromatic heterocycles. The normalized spacial score (nSPS) is 21.8. The van der Waals surface area contributed by atoms with Gasteiger partial charge in [-0.25, -0.2) is 9.59 Å². The Balaban J connectivity index is 1.02. The lowest BCUT2D eigenvalue weighted by Gasteiger charge is -2.42. The molecule has 3 unspecified atom stereocenters. The van der Waals surface area contributed by atoms with Crippen LogP contribution in [0.4, 0.5) is 9.59 Å². The van der Waals surface area contributed by atoms with Crippen molar-refractivity contribution in [3.05, 3.63) is 95.6 Å². The number of ketones is 2. The molecule has 4 fully saturated rings. The molecule has 11 amide bonds. The molecule has 8 rings (SSSR count). The fourth-order valence-corrected chi connectivity index (χ4v) is 15.7. The molecule has 2 aromatic carbocycles. The largest absolute Gasteiger partial charge is 0.386 e. The zero-order chi connectivity index (χ0) is 76.3. The summed E-state index contributed by atoms with van der Waals surface area (Å²) in [6.07, 6.45) is 12.3. The van der Waals surface area contributed by atoms with Crippen molar-refractivity contribution in [1.82, 2.24) is 51.5 Å². The number of carbonyl (C=O) groups excluding carboxylic acids is 11. The van der Waals surface area contributed by atoms with Crippen LogP contribution >= 0.6 is 0 Å². The molecule has 26 heteroatoms. The molecule has 0 radical (unpaired) electrons. The van der Waals surface area contributed by atoms with Crippen LogP contribution < -0.4 is 43.4 Å². The highest BCUT2D eigenvalue weighted by Crippen LogP contribution is 2.41. The Labute approximate surface area is 612 Å². The number of rotatable bonds is 30. The van der Waals surface area contributed by atoms with E-state index in [0.717, 1.165) is 25.7 Å². The van der Waals surface area contributed by atoms with Crippen LogP contribution in [-0.2, 0) is 28.8 Å². The maximum atomic E-state index is 15.7. The van der Waals surface area contributed by atoms with Crippen LogP contribution in [0.5, 0.6) is 0 Å². The summed E-state index contributed by atoms with van der Waals surface area (Å²) in [7, 11) is 0. The second-order valence-corrected chi connectivity index (χ2v) is 32.1. The average Bonchev–Trinajstić information content (AvgIpc) is 1.63. The number of nitrogens with one attached hydrogen (secondary N) is 7. The third-order valence-electron chi connectivity index (χ3n) is 22.0. The van der Waals surface area contributed by atoms with Crippen molar-refractivity contribution in [3.63, 3.8) is 0 Å². The summed E-state index contributed by atoms with van der Waals surface area (Å²) in [5.74, 6) is -6.20. The molecule has 6 aliphatic rings. The van der Waals surface area contributed by atoms with E-state index >= 15 is 9.59 Å². The highest BCUT2D eigenvalue weighted by Gasteiger charge is 2.51. The molecule has 2 saturated carbocycles. The molecule has 2 aromatic rings. The van der Waals surface area contributed by atoms with Gasteiger partial charge in [0.2, 0.25) is 29.3 Å². The molecule has 566 valence electrons. The molecule has 11 N–H and O–H groups in total. The van der Waals surface area contributed by atoms with E-state index in [1.807, 2.05) is 55.4 Å². The predicted octanol–water partition coefficient (Wildman–Crippen LogP) is 7.98. The fourth-order valence-electron chi connectivity index (χ4n) is 15.7. The molecule has 26 nitrogen and oxygen atoms in total. The summed E-state index contributed by atoms with van der Waals surface area (Å²) in [6, 6.07) is 4.31. The summed E-state index contributed by atoms with van der Waals surface area (Å²) in [5, 5.41) is 26.7. The first kappa shape index (κ1) is 80.6. The molecule has 0 spiro atoms. The van der Waals surface area contributed by atoms with Crippen molar-refractivity contribution in [3.8, 4) is 0 Å². The van der Waals surface area contributed by atoms with E-state index in [1.54, 1.807) is 68.1 Å². The molecular formula is C78H113N15O11. The van der Waals surface area contributed by atoms with Crippen molar-refractivity contribution in [2.75, 3.05) is 39.3 Å². The van der Waals surface area contributed by atoms with Crippen molar-refractivity contribution in [2.24, 2.45) is 50.0 Å². The molecular weight excluding hydrogens is 1320 g/mol. The first-order chi connectivity index (χ1) is 49.1. The minimum Gasteiger partial charge on any atom is -0.386 e. The van der Waals surface area contributed by atoms with Gasteiger partial charge in [0.05, 0.1) is 59.5 Å². The van der Waals surface area contributed by atoms with Crippen molar-refractivity contribution < 1.29 is 52.7 Å². The van der Waals surface area contributed by atoms with Gasteiger partial charge < -0.3 is 53.2 Å². The number of amidine groups is 3. The lowest BCUT2D eigenvalue weighted by Crippen LogP contribution is -2.64. The predicted molar refractivity (Wildman–Crippen MR) is 400 cm³/mol. The maximum absolute atomic E-state index is 15.7. The van der Waals surface area contributed by atoms with Gasteiger partial charge in [-0.05, 0) is 110 Å². The van der Waals surface area contributed by atoms with E-state index in [-0.39, 0.29) is 117 Å². The van der Waals surface area contributed by atoms with E-state index < -0.39 is 123 Å². The number of carbonyl (C=O) groups is 11. The van der Waals surface area contributed by atoms with E-state index in [2.05, 4.69) is 50.1 Å². The summed E-state index contributed by atoms with van der Waals surface area (Å²) >= 11 is 0. The van der Waals surface area contributed by atoms with Gasteiger partial charge in [0.1, 0.15) is 35.8 Å². The molecule has 4 heterocycles. The third-order valence-corrected chi connectivity index (χ3v) is 22.0. The molecule has 4 aliphatic heterocycles. The van der Waals surface area contributed by atoms with Crippen molar-refractivity contribution >= 4 is 82.5 Å². The Morgan fingerprint density at radius 3 is 1.69 bits per heavy atom. The van der Waals surface area contributed by atoms with E-state index in [4.69, 9.17) is 21.9 Å². The van der Waals surface area contributed by atoms with Gasteiger partial charge in [0, 0.05) is 25.2 Å². The Bertz CT molecular complexity index is 3650. The van der Waals surface area contributed by atoms with Gasteiger partial charge in [-0.3, -0.25) is 68.3 Å². The van der Waals surface area contributed by atoms with Crippen molar-refractivity contribution in [2.45, 2.75) is 239 Å². The Kier molecular flexibility index (Phi) is 26.5. The zero-order valence-electron chi connectivity index (χ0n) is 63.0. The first-order valence-corrected chi connectivity index (χ1v) is 37.4. The summed E-state index contributed by atoms with van der Waals surface area (Å²) in [6.45, 7) is 28.3. The number of benzene rings is 2. The van der Waals surface area contributed by atoms with Gasteiger partial charge in [-0.2, -0.15) is 0 Å². The van der Waals surface area contributed by atoms with Crippen LogP contribution in [0.15, 0.2) is 77.8 Å². The number of Topliss-reactive ketones (excluding diaryl/α,β-unsaturated/α-hetero) is 2. The van der Waals surface area contributed by atoms with Crippen LogP contribution in [0.25, 0.3) is 0 Å². The number of likely N-dealkylation sites (tertiary alicyclic amines) is 2. The highest BCUT2D eigenvalue weighted by atomic mass is 16.2. The van der Waals surface area contributed by atoms with Gasteiger partial charge in [-0.1, -0.05) is 170 Å². The fraction of sp³-hybridized carbons (Fsp3) is 0.615. The van der Waals surface area contributed by atoms with E-state index in [1.165, 1.54) is 26.9 Å².